The molecule has 0 saturated heterocycles. The molecule has 0 spiro atoms. The normalized spacial score (nSPS) is 17.1. The van der Waals surface area contributed by atoms with Crippen molar-refractivity contribution in [1.29, 1.82) is 0 Å². The number of hydrogen-bond acceptors (Lipinski definition) is 5. The Bertz CT molecular complexity index is 729. The molecule has 1 aliphatic heterocycles. The van der Waals surface area contributed by atoms with Crippen molar-refractivity contribution in [3.63, 3.8) is 0 Å². The summed E-state index contributed by atoms with van der Waals surface area (Å²) in [4.78, 5) is 30.3. The average molecular weight is 333 g/mol. The molecule has 2 heterocycles. The average Bonchev–Trinajstić information content (AvgIpc) is 3.02. The highest BCUT2D eigenvalue weighted by Gasteiger charge is 2.34. The fourth-order valence-electron chi connectivity index (χ4n) is 2.59. The third-order valence-electron chi connectivity index (χ3n) is 3.71. The number of fused-ring (bicyclic) bond motifs is 1. The Labute approximate surface area is 136 Å². The number of nitrogens with two attached hydrogens (primary N) is 1. The maximum Gasteiger partial charge on any atom is 0.274 e. The van der Waals surface area contributed by atoms with Crippen molar-refractivity contribution in [2.45, 2.75) is 23.3 Å². The molecule has 0 fully saturated rings. The zero-order valence-corrected chi connectivity index (χ0v) is 13.6. The van der Waals surface area contributed by atoms with Gasteiger partial charge in [0.25, 0.3) is 5.91 Å². The van der Waals surface area contributed by atoms with Crippen LogP contribution in [0.25, 0.3) is 0 Å². The predicted octanol–water partition coefficient (Wildman–Crippen LogP) is 1.92. The maximum atomic E-state index is 12.7. The summed E-state index contributed by atoms with van der Waals surface area (Å²) in [6.07, 6.45) is 2.37. The second-order valence-electron chi connectivity index (χ2n) is 5.03. The summed E-state index contributed by atoms with van der Waals surface area (Å²) in [5.74, 6) is -0.724. The number of carbonyl (C=O) groups is 2. The first-order chi connectivity index (χ1) is 10.6. The van der Waals surface area contributed by atoms with Crippen LogP contribution >= 0.6 is 23.1 Å². The van der Waals surface area contributed by atoms with E-state index in [9.17, 15) is 9.59 Å². The summed E-state index contributed by atoms with van der Waals surface area (Å²) in [5, 5.41) is 1.73. The van der Waals surface area contributed by atoms with Crippen LogP contribution in [-0.4, -0.2) is 34.0 Å². The highest BCUT2D eigenvalue weighted by atomic mass is 32.2. The zero-order valence-electron chi connectivity index (χ0n) is 12.0. The summed E-state index contributed by atoms with van der Waals surface area (Å²) in [6, 6.07) is 7.19. The number of carbonyl (C=O) groups excluding carboxylic acids is 2. The van der Waals surface area contributed by atoms with E-state index in [0.717, 1.165) is 15.5 Å². The Hall–Kier alpha value is -1.86. The van der Waals surface area contributed by atoms with Gasteiger partial charge < -0.3 is 10.6 Å². The molecule has 3 rings (SSSR count). The van der Waals surface area contributed by atoms with Gasteiger partial charge in [0.2, 0.25) is 5.91 Å². The first-order valence-corrected chi connectivity index (χ1v) is 8.87. The van der Waals surface area contributed by atoms with Gasteiger partial charge in [-0.3, -0.25) is 9.59 Å². The number of thioether (sulfide) groups is 1. The molecule has 1 aromatic heterocycles. The largest absolute Gasteiger partial charge is 0.368 e. The number of rotatable bonds is 3. The van der Waals surface area contributed by atoms with Gasteiger partial charge in [0.15, 0.2) is 0 Å². The van der Waals surface area contributed by atoms with Crippen LogP contribution in [0.5, 0.6) is 0 Å². The molecule has 5 nitrogen and oxygen atoms in total. The number of aromatic nitrogens is 1. The minimum atomic E-state index is -0.623. The Morgan fingerprint density at radius 3 is 2.73 bits per heavy atom. The van der Waals surface area contributed by atoms with Crippen molar-refractivity contribution in [2.75, 3.05) is 6.26 Å². The van der Waals surface area contributed by atoms with Gasteiger partial charge in [-0.25, -0.2) is 4.98 Å². The molecule has 2 aromatic rings. The zero-order chi connectivity index (χ0) is 15.7. The second-order valence-corrected chi connectivity index (χ2v) is 6.94. The lowest BCUT2D eigenvalue weighted by Gasteiger charge is -2.34. The second kappa shape index (κ2) is 6.10. The molecular formula is C15H15N3O2S2. The third kappa shape index (κ3) is 2.74. The van der Waals surface area contributed by atoms with Crippen molar-refractivity contribution in [3.8, 4) is 0 Å². The molecule has 2 N–H and O–H groups in total. The molecule has 1 unspecified atom stereocenters. The number of nitrogens with zero attached hydrogens (tertiary/aromatic N) is 2. The monoisotopic (exact) mass is 333 g/mol. The van der Waals surface area contributed by atoms with Crippen LogP contribution in [0.15, 0.2) is 34.0 Å². The molecule has 1 aromatic carbocycles. The molecule has 0 bridgehead atoms. The Morgan fingerprint density at radius 2 is 2.09 bits per heavy atom. The molecule has 1 atom stereocenters. The lowest BCUT2D eigenvalue weighted by Crippen LogP contribution is -2.51. The van der Waals surface area contributed by atoms with Crippen molar-refractivity contribution in [3.05, 3.63) is 46.5 Å². The Morgan fingerprint density at radius 1 is 1.36 bits per heavy atom. The highest BCUT2D eigenvalue weighted by Crippen LogP contribution is 2.26. The van der Waals surface area contributed by atoms with Crippen LogP contribution in [0.3, 0.4) is 0 Å². The number of amides is 2. The van der Waals surface area contributed by atoms with Gasteiger partial charge in [-0.15, -0.1) is 11.3 Å². The summed E-state index contributed by atoms with van der Waals surface area (Å²) in [5.41, 5.74) is 8.00. The van der Waals surface area contributed by atoms with Crippen molar-refractivity contribution < 1.29 is 9.59 Å². The first kappa shape index (κ1) is 15.1. The van der Waals surface area contributed by atoms with Gasteiger partial charge in [-0.1, -0.05) is 36.0 Å². The van der Waals surface area contributed by atoms with E-state index in [1.165, 1.54) is 28.0 Å². The first-order valence-electron chi connectivity index (χ1n) is 6.76. The molecule has 7 heteroatoms. The number of thiazole rings is 1. The predicted molar refractivity (Wildman–Crippen MR) is 86.9 cm³/mol. The molecular weight excluding hydrogens is 318 g/mol. The topological polar surface area (TPSA) is 76.3 Å². The van der Waals surface area contributed by atoms with Gasteiger partial charge >= 0.3 is 0 Å². The van der Waals surface area contributed by atoms with Crippen LogP contribution in [0, 0.1) is 0 Å². The van der Waals surface area contributed by atoms with E-state index >= 15 is 0 Å². The number of benzene rings is 1. The summed E-state index contributed by atoms with van der Waals surface area (Å²) in [6.45, 7) is 0.384. The van der Waals surface area contributed by atoms with Crippen LogP contribution in [0.4, 0.5) is 0 Å². The van der Waals surface area contributed by atoms with E-state index in [1.54, 1.807) is 5.38 Å². The molecule has 0 radical (unpaired) electrons. The van der Waals surface area contributed by atoms with E-state index < -0.39 is 11.9 Å². The minimum Gasteiger partial charge on any atom is -0.368 e. The SMILES string of the molecule is CSc1nc(C(=O)N2Cc3ccccc3CC2C(N)=O)cs1. The fourth-order valence-corrected chi connectivity index (χ4v) is 3.82. The van der Waals surface area contributed by atoms with Crippen LogP contribution in [0.2, 0.25) is 0 Å². The summed E-state index contributed by atoms with van der Waals surface area (Å²) in [7, 11) is 0. The molecule has 0 aliphatic carbocycles. The standard InChI is InChI=1S/C15H15N3O2S2/c1-21-15-17-11(8-22-15)14(20)18-7-10-5-3-2-4-9(10)6-12(18)13(16)19/h2-5,8,12H,6-7H2,1H3,(H2,16,19). The molecule has 22 heavy (non-hydrogen) atoms. The number of hydrogen-bond donors (Lipinski definition) is 1. The van der Waals surface area contributed by atoms with E-state index in [0.29, 0.717) is 18.7 Å². The van der Waals surface area contributed by atoms with E-state index in [-0.39, 0.29) is 5.91 Å². The highest BCUT2D eigenvalue weighted by molar-refractivity contribution is 8.00. The van der Waals surface area contributed by atoms with Crippen molar-refractivity contribution >= 4 is 34.9 Å². The van der Waals surface area contributed by atoms with Gasteiger partial charge in [0.1, 0.15) is 16.1 Å². The Balaban J connectivity index is 1.93. The summed E-state index contributed by atoms with van der Waals surface area (Å²) >= 11 is 2.92. The van der Waals surface area contributed by atoms with Crippen LogP contribution in [0.1, 0.15) is 21.6 Å². The Kier molecular flexibility index (Phi) is 4.17. The molecule has 114 valence electrons. The molecule has 1 aliphatic rings. The smallest absolute Gasteiger partial charge is 0.274 e. The molecule has 2 amide bonds. The van der Waals surface area contributed by atoms with E-state index in [2.05, 4.69) is 4.98 Å². The third-order valence-corrected chi connectivity index (χ3v) is 5.58. The van der Waals surface area contributed by atoms with Gasteiger partial charge in [0, 0.05) is 18.3 Å². The van der Waals surface area contributed by atoms with Crippen molar-refractivity contribution in [2.24, 2.45) is 5.73 Å². The lowest BCUT2D eigenvalue weighted by atomic mass is 9.93. The van der Waals surface area contributed by atoms with Gasteiger partial charge in [-0.05, 0) is 17.4 Å². The van der Waals surface area contributed by atoms with E-state index in [1.807, 2.05) is 30.5 Å². The van der Waals surface area contributed by atoms with Gasteiger partial charge in [0.05, 0.1) is 0 Å². The number of primary amides is 1. The van der Waals surface area contributed by atoms with Crippen LogP contribution in [-0.2, 0) is 17.8 Å². The lowest BCUT2D eigenvalue weighted by molar-refractivity contribution is -0.122. The van der Waals surface area contributed by atoms with Gasteiger partial charge in [-0.2, -0.15) is 0 Å². The minimum absolute atomic E-state index is 0.241. The van der Waals surface area contributed by atoms with E-state index in [4.69, 9.17) is 5.73 Å². The molecule has 0 saturated carbocycles. The maximum absolute atomic E-state index is 12.7. The fraction of sp³-hybridized carbons (Fsp3) is 0.267. The summed E-state index contributed by atoms with van der Waals surface area (Å²) < 4.78 is 0.830. The quantitative estimate of drug-likeness (QED) is 0.871. The van der Waals surface area contributed by atoms with Crippen LogP contribution < -0.4 is 5.73 Å². The van der Waals surface area contributed by atoms with Crippen molar-refractivity contribution in [1.82, 2.24) is 9.88 Å².